The van der Waals surface area contributed by atoms with E-state index in [1.54, 1.807) is 12.5 Å². The second-order valence-electron chi connectivity index (χ2n) is 5.26. The Kier molecular flexibility index (Phi) is 3.48. The van der Waals surface area contributed by atoms with Crippen molar-refractivity contribution in [3.05, 3.63) is 78.8 Å². The maximum absolute atomic E-state index is 5.81. The number of aromatic nitrogens is 3. The molecule has 2 heterocycles. The summed E-state index contributed by atoms with van der Waals surface area (Å²) >= 11 is 0. The van der Waals surface area contributed by atoms with Gasteiger partial charge in [-0.05, 0) is 35.9 Å². The first kappa shape index (κ1) is 13.5. The number of ether oxygens (including phenoxy) is 1. The Balaban J connectivity index is 1.55. The molecule has 4 rings (SSSR count). The fourth-order valence-corrected chi connectivity index (χ4v) is 2.53. The molecule has 0 amide bonds. The summed E-state index contributed by atoms with van der Waals surface area (Å²) in [4.78, 5) is 11.9. The molecule has 0 spiro atoms. The van der Waals surface area contributed by atoms with Crippen LogP contribution in [0, 0.1) is 0 Å². The van der Waals surface area contributed by atoms with Gasteiger partial charge in [0.15, 0.2) is 0 Å². The Morgan fingerprint density at radius 1 is 0.870 bits per heavy atom. The molecule has 0 aliphatic rings. The molecule has 112 valence electrons. The summed E-state index contributed by atoms with van der Waals surface area (Å²) in [6.07, 6.45) is 3.48. The zero-order chi connectivity index (χ0) is 15.5. The van der Waals surface area contributed by atoms with Crippen molar-refractivity contribution >= 4 is 11.0 Å². The summed E-state index contributed by atoms with van der Waals surface area (Å²) in [6.45, 7) is 0.563. The third kappa shape index (κ3) is 2.79. The lowest BCUT2D eigenvalue weighted by molar-refractivity contribution is 0.306. The van der Waals surface area contributed by atoms with Crippen LogP contribution in [0.2, 0.25) is 0 Å². The van der Waals surface area contributed by atoms with E-state index < -0.39 is 0 Å². The van der Waals surface area contributed by atoms with Crippen LogP contribution in [-0.4, -0.2) is 15.0 Å². The molecule has 4 heteroatoms. The van der Waals surface area contributed by atoms with E-state index in [4.69, 9.17) is 4.74 Å². The highest BCUT2D eigenvalue weighted by Crippen LogP contribution is 2.26. The van der Waals surface area contributed by atoms with Gasteiger partial charge in [-0.1, -0.05) is 30.3 Å². The number of fused-ring (bicyclic) bond motifs is 1. The second-order valence-corrected chi connectivity index (χ2v) is 5.26. The molecule has 0 radical (unpaired) electrons. The van der Waals surface area contributed by atoms with E-state index in [1.165, 1.54) is 0 Å². The van der Waals surface area contributed by atoms with Crippen LogP contribution < -0.4 is 4.74 Å². The average molecular weight is 301 g/mol. The standard InChI is InChI=1S/C19H15N3O/c1-2-4-14(5-3-1)12-23-16-8-6-15(7-9-16)18-19-17(10-11-20-18)21-13-22-19/h1-11,13H,12H2,(H,21,22). The SMILES string of the molecule is c1ccc(COc2ccc(-c3nccc4[nH]cnc34)cc2)cc1. The lowest BCUT2D eigenvalue weighted by Gasteiger charge is -2.07. The molecule has 0 fully saturated rings. The van der Waals surface area contributed by atoms with Gasteiger partial charge in [-0.3, -0.25) is 4.98 Å². The van der Waals surface area contributed by atoms with Crippen LogP contribution in [0.4, 0.5) is 0 Å². The van der Waals surface area contributed by atoms with Crippen LogP contribution >= 0.6 is 0 Å². The largest absolute Gasteiger partial charge is 0.489 e. The number of nitrogens with one attached hydrogen (secondary N) is 1. The number of aromatic amines is 1. The zero-order valence-electron chi connectivity index (χ0n) is 12.4. The van der Waals surface area contributed by atoms with Gasteiger partial charge in [0.25, 0.3) is 0 Å². The minimum atomic E-state index is 0.563. The number of rotatable bonds is 4. The van der Waals surface area contributed by atoms with Crippen molar-refractivity contribution in [1.29, 1.82) is 0 Å². The van der Waals surface area contributed by atoms with Crippen LogP contribution in [0.3, 0.4) is 0 Å². The lowest BCUT2D eigenvalue weighted by atomic mass is 10.1. The monoisotopic (exact) mass is 301 g/mol. The number of pyridine rings is 1. The highest BCUT2D eigenvalue weighted by molar-refractivity contribution is 5.88. The molecule has 0 unspecified atom stereocenters. The van der Waals surface area contributed by atoms with Gasteiger partial charge in [-0.2, -0.15) is 0 Å². The predicted octanol–water partition coefficient (Wildman–Crippen LogP) is 4.20. The lowest BCUT2D eigenvalue weighted by Crippen LogP contribution is -1.94. The Morgan fingerprint density at radius 3 is 2.52 bits per heavy atom. The third-order valence-electron chi connectivity index (χ3n) is 3.71. The molecule has 23 heavy (non-hydrogen) atoms. The van der Waals surface area contributed by atoms with Crippen LogP contribution in [0.25, 0.3) is 22.3 Å². The van der Waals surface area contributed by atoms with Crippen molar-refractivity contribution in [2.75, 3.05) is 0 Å². The first-order valence-electron chi connectivity index (χ1n) is 7.45. The van der Waals surface area contributed by atoms with E-state index in [-0.39, 0.29) is 0 Å². The quantitative estimate of drug-likeness (QED) is 0.614. The van der Waals surface area contributed by atoms with E-state index in [0.29, 0.717) is 6.61 Å². The topological polar surface area (TPSA) is 50.8 Å². The highest BCUT2D eigenvalue weighted by atomic mass is 16.5. The molecular formula is C19H15N3O. The molecule has 4 aromatic rings. The van der Waals surface area contributed by atoms with Crippen LogP contribution in [-0.2, 0) is 6.61 Å². The van der Waals surface area contributed by atoms with Crippen LogP contribution in [0.5, 0.6) is 5.75 Å². The molecule has 1 N–H and O–H groups in total. The van der Waals surface area contributed by atoms with E-state index in [9.17, 15) is 0 Å². The second kappa shape index (κ2) is 5.93. The number of nitrogens with zero attached hydrogens (tertiary/aromatic N) is 2. The Hall–Kier alpha value is -3.14. The van der Waals surface area contributed by atoms with Gasteiger partial charge in [0.2, 0.25) is 0 Å². The van der Waals surface area contributed by atoms with Crippen LogP contribution in [0.15, 0.2) is 73.2 Å². The van der Waals surface area contributed by atoms with Crippen molar-refractivity contribution in [1.82, 2.24) is 15.0 Å². The predicted molar refractivity (Wildman–Crippen MR) is 90.1 cm³/mol. The highest BCUT2D eigenvalue weighted by Gasteiger charge is 2.07. The molecule has 4 nitrogen and oxygen atoms in total. The third-order valence-corrected chi connectivity index (χ3v) is 3.71. The molecule has 0 saturated carbocycles. The molecule has 2 aromatic carbocycles. The van der Waals surface area contributed by atoms with Gasteiger partial charge in [-0.15, -0.1) is 0 Å². The summed E-state index contributed by atoms with van der Waals surface area (Å²) in [5.74, 6) is 0.840. The summed E-state index contributed by atoms with van der Waals surface area (Å²) in [5.41, 5.74) is 4.91. The number of hydrogen-bond acceptors (Lipinski definition) is 3. The Bertz CT molecular complexity index is 914. The summed E-state index contributed by atoms with van der Waals surface area (Å²) < 4.78 is 5.81. The summed E-state index contributed by atoms with van der Waals surface area (Å²) in [7, 11) is 0. The maximum Gasteiger partial charge on any atom is 0.119 e. The molecule has 0 aliphatic carbocycles. The number of imidazole rings is 1. The number of benzene rings is 2. The van der Waals surface area contributed by atoms with Gasteiger partial charge < -0.3 is 9.72 Å². The molecule has 0 bridgehead atoms. The Labute approximate surface area is 133 Å². The molecule has 0 saturated heterocycles. The van der Waals surface area contributed by atoms with Crippen molar-refractivity contribution < 1.29 is 4.74 Å². The van der Waals surface area contributed by atoms with E-state index in [2.05, 4.69) is 27.1 Å². The molecule has 0 atom stereocenters. The summed E-state index contributed by atoms with van der Waals surface area (Å²) in [5, 5.41) is 0. The fraction of sp³-hybridized carbons (Fsp3) is 0.0526. The van der Waals surface area contributed by atoms with E-state index in [0.717, 1.165) is 33.6 Å². The van der Waals surface area contributed by atoms with Gasteiger partial charge in [0.1, 0.15) is 17.9 Å². The van der Waals surface area contributed by atoms with E-state index >= 15 is 0 Å². The van der Waals surface area contributed by atoms with Gasteiger partial charge in [0, 0.05) is 11.8 Å². The smallest absolute Gasteiger partial charge is 0.119 e. The van der Waals surface area contributed by atoms with Crippen LogP contribution in [0.1, 0.15) is 5.56 Å². The van der Waals surface area contributed by atoms with Gasteiger partial charge in [0.05, 0.1) is 17.5 Å². The Morgan fingerprint density at radius 2 is 1.70 bits per heavy atom. The molecule has 2 aromatic heterocycles. The van der Waals surface area contributed by atoms with Crippen molar-refractivity contribution in [3.8, 4) is 17.0 Å². The van der Waals surface area contributed by atoms with Crippen molar-refractivity contribution in [2.45, 2.75) is 6.61 Å². The van der Waals surface area contributed by atoms with Gasteiger partial charge in [-0.25, -0.2) is 4.98 Å². The van der Waals surface area contributed by atoms with Gasteiger partial charge >= 0.3 is 0 Å². The number of hydrogen-bond donors (Lipinski definition) is 1. The first-order chi connectivity index (χ1) is 11.4. The summed E-state index contributed by atoms with van der Waals surface area (Å²) in [6, 6.07) is 20.0. The first-order valence-corrected chi connectivity index (χ1v) is 7.45. The minimum absolute atomic E-state index is 0.563. The fourth-order valence-electron chi connectivity index (χ4n) is 2.53. The molecular weight excluding hydrogens is 286 g/mol. The van der Waals surface area contributed by atoms with E-state index in [1.807, 2.05) is 48.5 Å². The minimum Gasteiger partial charge on any atom is -0.489 e. The number of H-pyrrole nitrogens is 1. The van der Waals surface area contributed by atoms with Crippen molar-refractivity contribution in [3.63, 3.8) is 0 Å². The molecule has 0 aliphatic heterocycles. The maximum atomic E-state index is 5.81. The normalized spacial score (nSPS) is 10.8. The zero-order valence-corrected chi connectivity index (χ0v) is 12.4. The average Bonchev–Trinajstić information content (AvgIpc) is 3.10. The van der Waals surface area contributed by atoms with Crippen molar-refractivity contribution in [2.24, 2.45) is 0 Å².